The number of nitrogens with zero attached hydrogens (tertiary/aromatic N) is 3. The van der Waals surface area contributed by atoms with Crippen LogP contribution in [0.4, 0.5) is 0 Å². The lowest BCUT2D eigenvalue weighted by atomic mass is 9.82. The van der Waals surface area contributed by atoms with Crippen LogP contribution in [0.2, 0.25) is 0 Å². The van der Waals surface area contributed by atoms with Crippen molar-refractivity contribution in [3.8, 4) is 0 Å². The Morgan fingerprint density at radius 3 is 2.65 bits per heavy atom. The maximum atomic E-state index is 4.38. The third kappa shape index (κ3) is 3.06. The molecule has 1 aromatic rings. The lowest BCUT2D eigenvalue weighted by molar-refractivity contribution is 0.261. The van der Waals surface area contributed by atoms with Crippen LogP contribution >= 0.6 is 0 Å². The number of hydrogen-bond acceptors (Lipinski definition) is 3. The van der Waals surface area contributed by atoms with Crippen molar-refractivity contribution in [3.63, 3.8) is 0 Å². The lowest BCUT2D eigenvalue weighted by Gasteiger charge is -2.30. The molecule has 0 unspecified atom stereocenters. The van der Waals surface area contributed by atoms with E-state index in [-0.39, 0.29) is 0 Å². The summed E-state index contributed by atoms with van der Waals surface area (Å²) in [5.41, 5.74) is 0.408. The van der Waals surface area contributed by atoms with Crippen LogP contribution in [0, 0.1) is 5.41 Å². The second-order valence-corrected chi connectivity index (χ2v) is 5.72. The van der Waals surface area contributed by atoms with Gasteiger partial charge >= 0.3 is 0 Å². The molecule has 1 aliphatic rings. The fraction of sp³-hybridized carbons (Fsp3) is 0.846. The summed E-state index contributed by atoms with van der Waals surface area (Å²) in [7, 11) is 1.99. The van der Waals surface area contributed by atoms with E-state index in [2.05, 4.69) is 29.2 Å². The van der Waals surface area contributed by atoms with Crippen LogP contribution in [0.3, 0.4) is 0 Å². The summed E-state index contributed by atoms with van der Waals surface area (Å²) >= 11 is 0. The molecule has 1 aromatic heterocycles. The van der Waals surface area contributed by atoms with Gasteiger partial charge in [0.25, 0.3) is 0 Å². The average Bonchev–Trinajstić information content (AvgIpc) is 2.88. The molecule has 96 valence electrons. The van der Waals surface area contributed by atoms with Gasteiger partial charge in [-0.1, -0.05) is 26.7 Å². The van der Waals surface area contributed by atoms with E-state index in [1.807, 2.05) is 11.7 Å². The van der Waals surface area contributed by atoms with Crippen molar-refractivity contribution < 1.29 is 0 Å². The molecular formula is C13H24N4. The summed E-state index contributed by atoms with van der Waals surface area (Å²) in [6, 6.07) is 0.562. The van der Waals surface area contributed by atoms with Crippen LogP contribution in [0.15, 0.2) is 6.33 Å². The minimum Gasteiger partial charge on any atom is -0.314 e. The van der Waals surface area contributed by atoms with Crippen LogP contribution in [0.5, 0.6) is 0 Å². The van der Waals surface area contributed by atoms with Crippen LogP contribution in [0.25, 0.3) is 0 Å². The third-order valence-electron chi connectivity index (χ3n) is 3.89. The Morgan fingerprint density at radius 2 is 2.12 bits per heavy atom. The highest BCUT2D eigenvalue weighted by Gasteiger charge is 2.35. The Hall–Kier alpha value is -0.900. The number of rotatable bonds is 5. The molecule has 17 heavy (non-hydrogen) atoms. The summed E-state index contributed by atoms with van der Waals surface area (Å²) in [4.78, 5) is 4.38. The van der Waals surface area contributed by atoms with Gasteiger partial charge in [-0.2, -0.15) is 5.10 Å². The summed E-state index contributed by atoms with van der Waals surface area (Å²) in [5, 5.41) is 7.77. The van der Waals surface area contributed by atoms with Crippen LogP contribution in [0.1, 0.15) is 45.4 Å². The number of nitrogens with one attached hydrogen (secondary N) is 1. The molecule has 0 atom stereocenters. The maximum Gasteiger partial charge on any atom is 0.138 e. The highest BCUT2D eigenvalue weighted by Crippen LogP contribution is 2.40. The van der Waals surface area contributed by atoms with E-state index in [1.165, 1.54) is 25.7 Å². The molecule has 0 aliphatic heterocycles. The van der Waals surface area contributed by atoms with E-state index in [1.54, 1.807) is 6.33 Å². The third-order valence-corrected chi connectivity index (χ3v) is 3.89. The topological polar surface area (TPSA) is 42.7 Å². The van der Waals surface area contributed by atoms with Gasteiger partial charge in [-0.3, -0.25) is 4.68 Å². The number of aryl methyl sites for hydroxylation is 1. The Morgan fingerprint density at radius 1 is 1.41 bits per heavy atom. The zero-order valence-corrected chi connectivity index (χ0v) is 11.2. The van der Waals surface area contributed by atoms with E-state index in [0.29, 0.717) is 11.5 Å². The molecule has 1 aliphatic carbocycles. The van der Waals surface area contributed by atoms with Gasteiger partial charge in [0.15, 0.2) is 0 Å². The van der Waals surface area contributed by atoms with E-state index < -0.39 is 0 Å². The van der Waals surface area contributed by atoms with E-state index in [0.717, 1.165) is 18.8 Å². The molecule has 0 amide bonds. The van der Waals surface area contributed by atoms with E-state index in [4.69, 9.17) is 0 Å². The van der Waals surface area contributed by atoms with Gasteiger partial charge in [0.1, 0.15) is 12.2 Å². The molecule has 1 saturated carbocycles. The Balaban J connectivity index is 2.04. The average molecular weight is 236 g/mol. The van der Waals surface area contributed by atoms with Crippen molar-refractivity contribution in [2.24, 2.45) is 12.5 Å². The highest BCUT2D eigenvalue weighted by atomic mass is 15.3. The van der Waals surface area contributed by atoms with Crippen LogP contribution < -0.4 is 5.32 Å². The highest BCUT2D eigenvalue weighted by molar-refractivity contribution is 4.97. The smallest absolute Gasteiger partial charge is 0.138 e. The van der Waals surface area contributed by atoms with Gasteiger partial charge in [-0.15, -0.1) is 0 Å². The fourth-order valence-corrected chi connectivity index (χ4v) is 2.78. The van der Waals surface area contributed by atoms with E-state index in [9.17, 15) is 0 Å². The first-order valence-electron chi connectivity index (χ1n) is 6.68. The van der Waals surface area contributed by atoms with Gasteiger partial charge in [0, 0.05) is 26.1 Å². The van der Waals surface area contributed by atoms with Crippen molar-refractivity contribution in [1.29, 1.82) is 0 Å². The van der Waals surface area contributed by atoms with Crippen molar-refractivity contribution in [2.45, 2.75) is 52.0 Å². The first kappa shape index (κ1) is 12.6. The standard InChI is InChI=1S/C13H24N4/c1-11(2)14-9-13(6-4-5-7-13)8-12-15-10-16-17(12)3/h10-11,14H,4-9H2,1-3H3. The Bertz CT molecular complexity index is 350. The first-order chi connectivity index (χ1) is 8.11. The largest absolute Gasteiger partial charge is 0.314 e. The molecule has 0 radical (unpaired) electrons. The summed E-state index contributed by atoms with van der Waals surface area (Å²) in [5.74, 6) is 1.12. The Labute approximate surface area is 104 Å². The molecule has 0 aromatic carbocycles. The van der Waals surface area contributed by atoms with Crippen molar-refractivity contribution in [1.82, 2.24) is 20.1 Å². The predicted molar refractivity (Wildman–Crippen MR) is 68.7 cm³/mol. The van der Waals surface area contributed by atoms with Gasteiger partial charge in [0.05, 0.1) is 0 Å². The maximum absolute atomic E-state index is 4.38. The molecule has 4 nitrogen and oxygen atoms in total. The number of aromatic nitrogens is 3. The second-order valence-electron chi connectivity index (χ2n) is 5.72. The van der Waals surface area contributed by atoms with Gasteiger partial charge in [-0.05, 0) is 18.3 Å². The zero-order valence-electron chi connectivity index (χ0n) is 11.2. The van der Waals surface area contributed by atoms with Gasteiger partial charge in [0.2, 0.25) is 0 Å². The fourth-order valence-electron chi connectivity index (χ4n) is 2.78. The molecule has 1 N–H and O–H groups in total. The van der Waals surface area contributed by atoms with Crippen molar-refractivity contribution >= 4 is 0 Å². The molecule has 0 bridgehead atoms. The van der Waals surface area contributed by atoms with Crippen molar-refractivity contribution in [3.05, 3.63) is 12.2 Å². The Kier molecular flexibility index (Phi) is 3.82. The molecule has 1 fully saturated rings. The summed E-state index contributed by atoms with van der Waals surface area (Å²) in [6.45, 7) is 5.54. The van der Waals surface area contributed by atoms with Crippen LogP contribution in [-0.2, 0) is 13.5 Å². The van der Waals surface area contributed by atoms with Crippen LogP contribution in [-0.4, -0.2) is 27.4 Å². The van der Waals surface area contributed by atoms with Gasteiger partial charge in [-0.25, -0.2) is 4.98 Å². The zero-order chi connectivity index (χ0) is 12.3. The molecular weight excluding hydrogens is 212 g/mol. The second kappa shape index (κ2) is 5.17. The molecule has 1 heterocycles. The molecule has 2 rings (SSSR count). The quantitative estimate of drug-likeness (QED) is 0.849. The van der Waals surface area contributed by atoms with Crippen molar-refractivity contribution in [2.75, 3.05) is 6.54 Å². The number of hydrogen-bond donors (Lipinski definition) is 1. The normalized spacial score (nSPS) is 19.1. The molecule has 4 heteroatoms. The summed E-state index contributed by atoms with van der Waals surface area (Å²) < 4.78 is 1.91. The monoisotopic (exact) mass is 236 g/mol. The van der Waals surface area contributed by atoms with Gasteiger partial charge < -0.3 is 5.32 Å². The predicted octanol–water partition coefficient (Wildman–Crippen LogP) is 1.92. The molecule has 0 saturated heterocycles. The minimum atomic E-state index is 0.408. The summed E-state index contributed by atoms with van der Waals surface area (Å²) in [6.07, 6.45) is 8.07. The molecule has 0 spiro atoms. The van der Waals surface area contributed by atoms with E-state index >= 15 is 0 Å². The first-order valence-corrected chi connectivity index (χ1v) is 6.68. The lowest BCUT2D eigenvalue weighted by Crippen LogP contribution is -2.38. The SMILES string of the molecule is CC(C)NCC1(Cc2ncnn2C)CCCC1. The minimum absolute atomic E-state index is 0.408.